The van der Waals surface area contributed by atoms with Crippen LogP contribution >= 0.6 is 11.6 Å². The number of hydrazone groups is 1. The highest BCUT2D eigenvalue weighted by molar-refractivity contribution is 6.30. The van der Waals surface area contributed by atoms with Gasteiger partial charge in [-0.25, -0.2) is 4.98 Å². The Morgan fingerprint density at radius 2 is 2.12 bits per heavy atom. The summed E-state index contributed by atoms with van der Waals surface area (Å²) in [7, 11) is 0. The van der Waals surface area contributed by atoms with Crippen LogP contribution in [0.2, 0.25) is 5.02 Å². The Hall–Kier alpha value is -2.86. The Labute approximate surface area is 148 Å². The van der Waals surface area contributed by atoms with Gasteiger partial charge in [0.15, 0.2) is 0 Å². The van der Waals surface area contributed by atoms with E-state index in [2.05, 4.69) is 15.5 Å². The fourth-order valence-electron chi connectivity index (χ4n) is 2.78. The predicted molar refractivity (Wildman–Crippen MR) is 98.3 cm³/mol. The average molecular weight is 355 g/mol. The van der Waals surface area contributed by atoms with Gasteiger partial charge in [-0.1, -0.05) is 23.7 Å². The van der Waals surface area contributed by atoms with Crippen LogP contribution in [-0.2, 0) is 11.3 Å². The van der Waals surface area contributed by atoms with Crippen molar-refractivity contribution in [3.05, 3.63) is 69.2 Å². The van der Waals surface area contributed by atoms with Gasteiger partial charge < -0.3 is 4.74 Å². The van der Waals surface area contributed by atoms with Gasteiger partial charge in [-0.15, -0.1) is 5.10 Å². The van der Waals surface area contributed by atoms with Crippen molar-refractivity contribution in [2.45, 2.75) is 13.5 Å². The molecule has 1 N–H and O–H groups in total. The number of nitrogens with one attached hydrogen (secondary N) is 1. The Morgan fingerprint density at radius 3 is 2.96 bits per heavy atom. The number of aromatic nitrogens is 2. The van der Waals surface area contributed by atoms with Crippen LogP contribution < -0.4 is 11.0 Å². The van der Waals surface area contributed by atoms with Crippen LogP contribution in [0.25, 0.3) is 10.9 Å². The number of ether oxygens (including phenoxy) is 1. The van der Waals surface area contributed by atoms with Gasteiger partial charge in [-0.2, -0.15) is 0 Å². The Morgan fingerprint density at radius 1 is 1.28 bits per heavy atom. The van der Waals surface area contributed by atoms with Crippen LogP contribution in [0.3, 0.4) is 0 Å². The third kappa shape index (κ3) is 2.85. The minimum absolute atomic E-state index is 0.0840. The van der Waals surface area contributed by atoms with E-state index in [1.54, 1.807) is 22.8 Å². The van der Waals surface area contributed by atoms with Gasteiger partial charge in [-0.05, 0) is 42.8 Å². The highest BCUT2D eigenvalue weighted by atomic mass is 35.5. The van der Waals surface area contributed by atoms with Gasteiger partial charge in [-0.3, -0.25) is 14.8 Å². The quantitative estimate of drug-likeness (QED) is 0.718. The van der Waals surface area contributed by atoms with Crippen LogP contribution in [0.5, 0.6) is 0 Å². The first-order chi connectivity index (χ1) is 12.1. The van der Waals surface area contributed by atoms with Crippen molar-refractivity contribution in [1.82, 2.24) is 9.55 Å². The summed E-state index contributed by atoms with van der Waals surface area (Å²) < 4.78 is 7.23. The normalized spacial score (nSPS) is 15.0. The molecule has 0 fully saturated rings. The molecule has 1 aliphatic heterocycles. The molecule has 0 amide bonds. The first-order valence-corrected chi connectivity index (χ1v) is 8.24. The smallest absolute Gasteiger partial charge is 0.275 e. The second-order valence-electron chi connectivity index (χ2n) is 5.75. The predicted octanol–water partition coefficient (Wildman–Crippen LogP) is 3.16. The van der Waals surface area contributed by atoms with E-state index in [-0.39, 0.29) is 5.56 Å². The molecular formula is C18H15ClN4O2. The summed E-state index contributed by atoms with van der Waals surface area (Å²) in [6.07, 6.45) is 0. The highest BCUT2D eigenvalue weighted by Crippen LogP contribution is 2.20. The topological polar surface area (TPSA) is 68.5 Å². The number of hydrogen-bond acceptors (Lipinski definition) is 5. The van der Waals surface area contributed by atoms with Crippen LogP contribution in [-0.4, -0.2) is 22.1 Å². The van der Waals surface area contributed by atoms with E-state index in [0.29, 0.717) is 40.8 Å². The molecule has 0 saturated heterocycles. The number of nitrogens with zero attached hydrogens (tertiary/aromatic N) is 3. The first kappa shape index (κ1) is 15.7. The number of fused-ring (bicyclic) bond motifs is 2. The molecule has 0 aliphatic carbocycles. The Kier molecular flexibility index (Phi) is 3.89. The first-order valence-electron chi connectivity index (χ1n) is 7.86. The number of aryl methyl sites for hydroxylation is 1. The second kappa shape index (κ2) is 6.22. The van der Waals surface area contributed by atoms with Crippen molar-refractivity contribution in [2.24, 2.45) is 5.10 Å². The molecule has 0 radical (unpaired) electrons. The van der Waals surface area contributed by atoms with E-state index in [9.17, 15) is 4.79 Å². The lowest BCUT2D eigenvalue weighted by atomic mass is 10.2. The van der Waals surface area contributed by atoms with E-state index in [4.69, 9.17) is 16.3 Å². The van der Waals surface area contributed by atoms with E-state index < -0.39 is 0 Å². The second-order valence-corrected chi connectivity index (χ2v) is 6.18. The van der Waals surface area contributed by atoms with Crippen molar-refractivity contribution in [2.75, 3.05) is 12.0 Å². The maximum Gasteiger partial charge on any atom is 0.275 e. The molecule has 4 rings (SSSR count). The molecule has 25 heavy (non-hydrogen) atoms. The van der Waals surface area contributed by atoms with E-state index in [1.165, 1.54) is 0 Å². The number of anilines is 1. The molecule has 0 atom stereocenters. The lowest BCUT2D eigenvalue weighted by Crippen LogP contribution is -2.35. The van der Waals surface area contributed by atoms with Crippen LogP contribution in [0.1, 0.15) is 11.4 Å². The zero-order valence-corrected chi connectivity index (χ0v) is 14.2. The largest absolute Gasteiger partial charge is 0.472 e. The molecule has 0 saturated carbocycles. The molecule has 6 nitrogen and oxygen atoms in total. The summed E-state index contributed by atoms with van der Waals surface area (Å²) in [6.45, 7) is 2.75. The van der Waals surface area contributed by atoms with Gasteiger partial charge in [0, 0.05) is 5.02 Å². The van der Waals surface area contributed by atoms with Crippen molar-refractivity contribution >= 4 is 34.1 Å². The number of halogens is 1. The van der Waals surface area contributed by atoms with Gasteiger partial charge in [0.1, 0.15) is 6.61 Å². The molecule has 126 valence electrons. The van der Waals surface area contributed by atoms with Gasteiger partial charge in [0.2, 0.25) is 5.82 Å². The molecule has 1 aliphatic rings. The zero-order valence-electron chi connectivity index (χ0n) is 13.5. The Balaban J connectivity index is 1.77. The average Bonchev–Trinajstić information content (AvgIpc) is 2.61. The number of hydrogen-bond donors (Lipinski definition) is 1. The molecule has 0 bridgehead atoms. The standard InChI is InChI=1S/C18H15ClN4O2/c1-11-10-12(19)6-7-14(11)21-22-17-16-20-15-5-3-2-4-13(15)18(24)23(16)8-9-25-17/h2-7,10,21H,8-9H2,1H3/b22-17+. The van der Waals surface area contributed by atoms with Gasteiger partial charge in [0.25, 0.3) is 11.5 Å². The molecule has 2 aromatic carbocycles. The fraction of sp³-hybridized carbons (Fsp3) is 0.167. The highest BCUT2D eigenvalue weighted by Gasteiger charge is 2.21. The maximum atomic E-state index is 12.7. The monoisotopic (exact) mass is 354 g/mol. The summed E-state index contributed by atoms with van der Waals surface area (Å²) in [4.78, 5) is 17.2. The van der Waals surface area contributed by atoms with Crippen LogP contribution in [0.15, 0.2) is 52.4 Å². The van der Waals surface area contributed by atoms with E-state index in [1.807, 2.05) is 31.2 Å². The number of benzene rings is 2. The zero-order chi connectivity index (χ0) is 17.4. The fourth-order valence-corrected chi connectivity index (χ4v) is 3.01. The third-order valence-electron chi connectivity index (χ3n) is 4.07. The van der Waals surface area contributed by atoms with Crippen molar-refractivity contribution in [3.8, 4) is 0 Å². The summed E-state index contributed by atoms with van der Waals surface area (Å²) in [5, 5.41) is 5.57. The van der Waals surface area contributed by atoms with Crippen LogP contribution in [0.4, 0.5) is 5.69 Å². The summed E-state index contributed by atoms with van der Waals surface area (Å²) in [5.74, 6) is 0.720. The lowest BCUT2D eigenvalue weighted by Gasteiger charge is -2.20. The maximum absolute atomic E-state index is 12.7. The molecule has 0 spiro atoms. The van der Waals surface area contributed by atoms with Crippen molar-refractivity contribution in [1.29, 1.82) is 0 Å². The molecular weight excluding hydrogens is 340 g/mol. The minimum Gasteiger partial charge on any atom is -0.472 e. The SMILES string of the molecule is Cc1cc(Cl)ccc1N/N=C1/OCCn2c1nc1ccccc1c2=O. The van der Waals surface area contributed by atoms with Crippen molar-refractivity contribution < 1.29 is 4.74 Å². The van der Waals surface area contributed by atoms with Crippen molar-refractivity contribution in [3.63, 3.8) is 0 Å². The van der Waals surface area contributed by atoms with Gasteiger partial charge in [0.05, 0.1) is 23.1 Å². The molecule has 1 aromatic heterocycles. The number of para-hydroxylation sites is 1. The van der Waals surface area contributed by atoms with E-state index in [0.717, 1.165) is 11.3 Å². The molecule has 3 aromatic rings. The molecule has 0 unspecified atom stereocenters. The molecule has 7 heteroatoms. The van der Waals surface area contributed by atoms with Gasteiger partial charge >= 0.3 is 0 Å². The minimum atomic E-state index is -0.0840. The Bertz CT molecular complexity index is 1060. The van der Waals surface area contributed by atoms with E-state index >= 15 is 0 Å². The number of rotatable bonds is 2. The lowest BCUT2D eigenvalue weighted by molar-refractivity contribution is 0.259. The summed E-state index contributed by atoms with van der Waals surface area (Å²) in [5.41, 5.74) is 5.27. The summed E-state index contributed by atoms with van der Waals surface area (Å²) >= 11 is 5.97. The molecule has 2 heterocycles. The third-order valence-corrected chi connectivity index (χ3v) is 4.31. The van der Waals surface area contributed by atoms with Crippen LogP contribution in [0, 0.1) is 6.92 Å². The summed E-state index contributed by atoms with van der Waals surface area (Å²) in [6, 6.07) is 12.7.